The molecule has 3 aromatic rings. The summed E-state index contributed by atoms with van der Waals surface area (Å²) in [5.74, 6) is -0.641. The molecule has 24 heavy (non-hydrogen) atoms. The van der Waals surface area contributed by atoms with Crippen molar-refractivity contribution in [2.75, 3.05) is 11.1 Å². The second kappa shape index (κ2) is 6.23. The Hall–Kier alpha value is -3.03. The molecule has 124 valence electrons. The van der Waals surface area contributed by atoms with Crippen molar-refractivity contribution in [3.63, 3.8) is 0 Å². The van der Waals surface area contributed by atoms with E-state index in [-0.39, 0.29) is 6.42 Å². The van der Waals surface area contributed by atoms with Gasteiger partial charge in [0, 0.05) is 31.3 Å². The molecular formula is C16H16F2N6. The van der Waals surface area contributed by atoms with Crippen LogP contribution in [-0.2, 0) is 13.5 Å². The summed E-state index contributed by atoms with van der Waals surface area (Å²) in [5, 5.41) is 7.05. The van der Waals surface area contributed by atoms with Crippen molar-refractivity contribution in [1.29, 1.82) is 0 Å². The predicted octanol–water partition coefficient (Wildman–Crippen LogP) is 2.71. The molecule has 6 nitrogen and oxygen atoms in total. The molecule has 0 unspecified atom stereocenters. The second-order valence-electron chi connectivity index (χ2n) is 5.49. The van der Waals surface area contributed by atoms with Gasteiger partial charge in [-0.05, 0) is 24.6 Å². The van der Waals surface area contributed by atoms with Gasteiger partial charge in [-0.25, -0.2) is 13.8 Å². The normalized spacial score (nSPS) is 10.8. The summed E-state index contributed by atoms with van der Waals surface area (Å²) in [7, 11) is 1.79. The van der Waals surface area contributed by atoms with E-state index in [0.29, 0.717) is 34.3 Å². The van der Waals surface area contributed by atoms with Crippen molar-refractivity contribution in [2.45, 2.75) is 13.3 Å². The Kier molecular flexibility index (Phi) is 4.11. The molecule has 0 spiro atoms. The van der Waals surface area contributed by atoms with Gasteiger partial charge in [-0.3, -0.25) is 4.68 Å². The molecule has 0 aliphatic heterocycles. The van der Waals surface area contributed by atoms with E-state index in [0.717, 1.165) is 6.07 Å². The molecule has 0 saturated carbocycles. The Balaban J connectivity index is 1.92. The Bertz CT molecular complexity index is 870. The maximum atomic E-state index is 13.4. The van der Waals surface area contributed by atoms with Crippen molar-refractivity contribution in [3.8, 4) is 0 Å². The minimum absolute atomic E-state index is 0.245. The number of nitrogens with two attached hydrogens (primary N) is 1. The highest BCUT2D eigenvalue weighted by Gasteiger charge is 2.11. The molecule has 0 aliphatic rings. The number of benzene rings is 1. The summed E-state index contributed by atoms with van der Waals surface area (Å²) in [6, 6.07) is 3.38. The average Bonchev–Trinajstić information content (AvgIpc) is 2.88. The standard InChI is InChI=1S/C16H16F2N6/c1-9-14(5-10-3-11(17)6-12(18)4-10)22-16(23-15(9)19)21-13-7-20-24(2)8-13/h3-4,6-8H,5H2,1-2H3,(H3,19,21,22,23). The Labute approximate surface area is 137 Å². The zero-order chi connectivity index (χ0) is 17.3. The predicted molar refractivity (Wildman–Crippen MR) is 86.8 cm³/mol. The number of anilines is 3. The quantitative estimate of drug-likeness (QED) is 0.769. The van der Waals surface area contributed by atoms with E-state index in [1.165, 1.54) is 12.1 Å². The molecule has 2 aromatic heterocycles. The van der Waals surface area contributed by atoms with Gasteiger partial charge in [0.2, 0.25) is 5.95 Å². The molecule has 0 amide bonds. The number of halogens is 2. The second-order valence-corrected chi connectivity index (χ2v) is 5.49. The lowest BCUT2D eigenvalue weighted by Crippen LogP contribution is -2.07. The lowest BCUT2D eigenvalue weighted by molar-refractivity contribution is 0.580. The molecular weight excluding hydrogens is 314 g/mol. The number of nitrogens with one attached hydrogen (secondary N) is 1. The van der Waals surface area contributed by atoms with Crippen molar-refractivity contribution < 1.29 is 8.78 Å². The van der Waals surface area contributed by atoms with Crippen molar-refractivity contribution >= 4 is 17.5 Å². The van der Waals surface area contributed by atoms with Crippen LogP contribution in [0, 0.1) is 18.6 Å². The van der Waals surface area contributed by atoms with Gasteiger partial charge < -0.3 is 11.1 Å². The molecule has 0 fully saturated rings. The number of nitrogens with zero attached hydrogens (tertiary/aromatic N) is 4. The van der Waals surface area contributed by atoms with Gasteiger partial charge in [-0.1, -0.05) is 0 Å². The van der Waals surface area contributed by atoms with Crippen molar-refractivity contribution in [3.05, 3.63) is 59.0 Å². The van der Waals surface area contributed by atoms with Gasteiger partial charge in [0.15, 0.2) is 0 Å². The molecule has 3 rings (SSSR count). The summed E-state index contributed by atoms with van der Waals surface area (Å²) < 4.78 is 28.4. The third-order valence-corrected chi connectivity index (χ3v) is 3.54. The van der Waals surface area contributed by atoms with E-state index in [1.54, 1.807) is 31.0 Å². The topological polar surface area (TPSA) is 81.6 Å². The third-order valence-electron chi connectivity index (χ3n) is 3.54. The van der Waals surface area contributed by atoms with Gasteiger partial charge in [-0.15, -0.1) is 0 Å². The minimum atomic E-state index is -0.626. The Morgan fingerprint density at radius 3 is 2.50 bits per heavy atom. The first-order chi connectivity index (χ1) is 11.4. The van der Waals surface area contributed by atoms with Crippen LogP contribution in [0.25, 0.3) is 0 Å². The monoisotopic (exact) mass is 330 g/mol. The Morgan fingerprint density at radius 1 is 1.17 bits per heavy atom. The summed E-state index contributed by atoms with van der Waals surface area (Å²) in [6.07, 6.45) is 3.64. The number of aromatic nitrogens is 4. The fraction of sp³-hybridized carbons (Fsp3) is 0.188. The maximum Gasteiger partial charge on any atom is 0.229 e. The van der Waals surface area contributed by atoms with Crippen LogP contribution in [0.3, 0.4) is 0 Å². The third kappa shape index (κ3) is 3.48. The smallest absolute Gasteiger partial charge is 0.229 e. The zero-order valence-corrected chi connectivity index (χ0v) is 13.2. The molecule has 3 N–H and O–H groups in total. The number of rotatable bonds is 4. The number of hydrogen-bond acceptors (Lipinski definition) is 5. The van der Waals surface area contributed by atoms with Crippen LogP contribution in [0.5, 0.6) is 0 Å². The lowest BCUT2D eigenvalue weighted by Gasteiger charge is -2.11. The molecule has 0 saturated heterocycles. The first kappa shape index (κ1) is 15.9. The highest BCUT2D eigenvalue weighted by Crippen LogP contribution is 2.21. The van der Waals surface area contributed by atoms with Gasteiger partial charge in [0.1, 0.15) is 17.5 Å². The van der Waals surface area contributed by atoms with Crippen LogP contribution in [0.15, 0.2) is 30.6 Å². The van der Waals surface area contributed by atoms with E-state index in [1.807, 2.05) is 0 Å². The summed E-state index contributed by atoms with van der Waals surface area (Å²) in [6.45, 7) is 1.77. The molecule has 0 radical (unpaired) electrons. The van der Waals surface area contributed by atoms with Crippen LogP contribution in [0.4, 0.5) is 26.2 Å². The lowest BCUT2D eigenvalue weighted by atomic mass is 10.1. The molecule has 0 aliphatic carbocycles. The van der Waals surface area contributed by atoms with Gasteiger partial charge >= 0.3 is 0 Å². The van der Waals surface area contributed by atoms with Crippen LogP contribution >= 0.6 is 0 Å². The fourth-order valence-electron chi connectivity index (χ4n) is 2.33. The minimum Gasteiger partial charge on any atom is -0.383 e. The van der Waals surface area contributed by atoms with Gasteiger partial charge in [0.25, 0.3) is 0 Å². The van der Waals surface area contributed by atoms with Crippen molar-refractivity contribution in [1.82, 2.24) is 19.7 Å². The summed E-state index contributed by atoms with van der Waals surface area (Å²) >= 11 is 0. The largest absolute Gasteiger partial charge is 0.383 e. The van der Waals surface area contributed by atoms with Gasteiger partial charge in [-0.2, -0.15) is 10.1 Å². The SMILES string of the molecule is Cc1c(N)nc(Nc2cnn(C)c2)nc1Cc1cc(F)cc(F)c1. The highest BCUT2D eigenvalue weighted by molar-refractivity contribution is 5.55. The van der Waals surface area contributed by atoms with Crippen LogP contribution in [0.1, 0.15) is 16.8 Å². The van der Waals surface area contributed by atoms with Crippen LogP contribution in [0.2, 0.25) is 0 Å². The Morgan fingerprint density at radius 2 is 1.88 bits per heavy atom. The molecule has 0 atom stereocenters. The highest BCUT2D eigenvalue weighted by atomic mass is 19.1. The molecule has 1 aromatic carbocycles. The van der Waals surface area contributed by atoms with E-state index >= 15 is 0 Å². The summed E-state index contributed by atoms with van der Waals surface area (Å²) in [4.78, 5) is 8.59. The molecule has 2 heterocycles. The van der Waals surface area contributed by atoms with Crippen molar-refractivity contribution in [2.24, 2.45) is 7.05 Å². The molecule has 8 heteroatoms. The van der Waals surface area contributed by atoms with E-state index < -0.39 is 11.6 Å². The zero-order valence-electron chi connectivity index (χ0n) is 13.2. The fourth-order valence-corrected chi connectivity index (χ4v) is 2.33. The number of hydrogen-bond donors (Lipinski definition) is 2. The maximum absolute atomic E-state index is 13.4. The van der Waals surface area contributed by atoms with E-state index in [2.05, 4.69) is 20.4 Å². The van der Waals surface area contributed by atoms with E-state index in [9.17, 15) is 8.78 Å². The number of nitrogen functional groups attached to an aromatic ring is 1. The van der Waals surface area contributed by atoms with E-state index in [4.69, 9.17) is 5.73 Å². The van der Waals surface area contributed by atoms with Gasteiger partial charge in [0.05, 0.1) is 17.6 Å². The summed E-state index contributed by atoms with van der Waals surface area (Å²) in [5.41, 5.74) is 8.39. The average molecular weight is 330 g/mol. The number of aryl methyl sites for hydroxylation is 1. The first-order valence-corrected chi connectivity index (χ1v) is 7.24. The first-order valence-electron chi connectivity index (χ1n) is 7.24. The van der Waals surface area contributed by atoms with Crippen LogP contribution < -0.4 is 11.1 Å². The molecule has 0 bridgehead atoms. The van der Waals surface area contributed by atoms with Crippen LogP contribution in [-0.4, -0.2) is 19.7 Å².